The van der Waals surface area contributed by atoms with E-state index >= 15 is 0 Å². The zero-order valence-electron chi connectivity index (χ0n) is 15.8. The van der Waals surface area contributed by atoms with E-state index in [-0.39, 0.29) is 31.1 Å². The number of quaternary nitrogens is 1. The normalized spacial score (nSPS) is 11.9. The molecular formula is C20H21ClN5O3+. The fraction of sp³-hybridized carbons (Fsp3) is 0.200. The Morgan fingerprint density at radius 1 is 1.17 bits per heavy atom. The van der Waals surface area contributed by atoms with Gasteiger partial charge in [0.25, 0.3) is 11.5 Å². The number of nitrogens with one attached hydrogen (secondary N) is 2. The Kier molecular flexibility index (Phi) is 6.26. The number of fused-ring (bicyclic) bond motifs is 1. The number of nitrogens with zero attached hydrogens (tertiary/aromatic N) is 2. The van der Waals surface area contributed by atoms with Crippen molar-refractivity contribution in [3.8, 4) is 0 Å². The summed E-state index contributed by atoms with van der Waals surface area (Å²) in [6.07, 6.45) is 0. The number of nitrogens with two attached hydrogens (primary N) is 1. The van der Waals surface area contributed by atoms with Crippen LogP contribution >= 0.6 is 11.6 Å². The summed E-state index contributed by atoms with van der Waals surface area (Å²) >= 11 is 6.06. The summed E-state index contributed by atoms with van der Waals surface area (Å²) in [5.41, 5.74) is 6.03. The lowest BCUT2D eigenvalue weighted by molar-refractivity contribution is -0.886. The minimum atomic E-state index is -0.639. The summed E-state index contributed by atoms with van der Waals surface area (Å²) in [5.74, 6) is -0.490. The molecule has 2 aromatic carbocycles. The van der Waals surface area contributed by atoms with Crippen molar-refractivity contribution >= 4 is 40.0 Å². The Labute approximate surface area is 171 Å². The van der Waals surface area contributed by atoms with Crippen LogP contribution in [0.15, 0.2) is 53.3 Å². The quantitative estimate of drug-likeness (QED) is 0.512. The van der Waals surface area contributed by atoms with Gasteiger partial charge in [-0.2, -0.15) is 0 Å². The van der Waals surface area contributed by atoms with E-state index in [0.29, 0.717) is 27.4 Å². The van der Waals surface area contributed by atoms with Crippen molar-refractivity contribution < 1.29 is 14.5 Å². The van der Waals surface area contributed by atoms with Gasteiger partial charge < -0.3 is 16.0 Å². The van der Waals surface area contributed by atoms with E-state index in [0.717, 1.165) is 4.90 Å². The van der Waals surface area contributed by atoms with Crippen LogP contribution < -0.4 is 21.5 Å². The van der Waals surface area contributed by atoms with Gasteiger partial charge in [0, 0.05) is 0 Å². The van der Waals surface area contributed by atoms with Crippen LogP contribution in [0.1, 0.15) is 5.82 Å². The highest BCUT2D eigenvalue weighted by Gasteiger charge is 2.18. The molecule has 2 amide bonds. The van der Waals surface area contributed by atoms with Crippen LogP contribution in [0.2, 0.25) is 5.02 Å². The van der Waals surface area contributed by atoms with Gasteiger partial charge in [0.1, 0.15) is 13.1 Å². The first kappa shape index (κ1) is 20.5. The summed E-state index contributed by atoms with van der Waals surface area (Å²) in [6.45, 7) is 0.0961. The van der Waals surface area contributed by atoms with Crippen LogP contribution in [0.3, 0.4) is 0 Å². The fourth-order valence-electron chi connectivity index (χ4n) is 3.03. The lowest BCUT2D eigenvalue weighted by Crippen LogP contribution is -3.09. The number of anilines is 1. The molecule has 0 aliphatic carbocycles. The average Bonchev–Trinajstić information content (AvgIpc) is 2.66. The van der Waals surface area contributed by atoms with Crippen molar-refractivity contribution in [2.75, 3.05) is 18.9 Å². The number of likely N-dealkylation sites (N-methyl/N-ethyl adjacent to an activating group) is 1. The van der Waals surface area contributed by atoms with Crippen LogP contribution in [-0.4, -0.2) is 35.0 Å². The average molecular weight is 415 g/mol. The van der Waals surface area contributed by atoms with Crippen molar-refractivity contribution in [1.29, 1.82) is 0 Å². The molecule has 0 fully saturated rings. The highest BCUT2D eigenvalue weighted by Crippen LogP contribution is 2.19. The number of benzene rings is 2. The Bertz CT molecular complexity index is 1130. The first-order chi connectivity index (χ1) is 13.8. The molecule has 0 spiro atoms. The number of halogens is 1. The van der Waals surface area contributed by atoms with Gasteiger partial charge in [0.05, 0.1) is 28.7 Å². The maximum absolute atomic E-state index is 12.8. The molecule has 0 bridgehead atoms. The smallest absolute Gasteiger partial charge is 0.279 e. The maximum Gasteiger partial charge on any atom is 0.279 e. The minimum absolute atomic E-state index is 0.116. The first-order valence-electron chi connectivity index (χ1n) is 8.97. The SMILES string of the molecule is C[NH+](CC(=O)Nc1ccccc1Cl)Cc1nc2ccccc2c(=O)n1CC(N)=O. The van der Waals surface area contributed by atoms with E-state index in [1.165, 1.54) is 4.57 Å². The zero-order valence-corrected chi connectivity index (χ0v) is 16.6. The van der Waals surface area contributed by atoms with Gasteiger partial charge in [-0.05, 0) is 24.3 Å². The second-order valence-electron chi connectivity index (χ2n) is 6.74. The van der Waals surface area contributed by atoms with Crippen LogP contribution in [0.25, 0.3) is 10.9 Å². The lowest BCUT2D eigenvalue weighted by Gasteiger charge is -2.17. The highest BCUT2D eigenvalue weighted by molar-refractivity contribution is 6.33. The van der Waals surface area contributed by atoms with E-state index < -0.39 is 5.91 Å². The number of carbonyl (C=O) groups excluding carboxylic acids is 2. The van der Waals surface area contributed by atoms with Crippen molar-refractivity contribution in [1.82, 2.24) is 9.55 Å². The summed E-state index contributed by atoms with van der Waals surface area (Å²) in [4.78, 5) is 41.9. The van der Waals surface area contributed by atoms with E-state index in [2.05, 4.69) is 10.3 Å². The van der Waals surface area contributed by atoms with Crippen LogP contribution in [0.5, 0.6) is 0 Å². The molecule has 4 N–H and O–H groups in total. The molecule has 0 aliphatic rings. The second-order valence-corrected chi connectivity index (χ2v) is 7.15. The Hall–Kier alpha value is -3.23. The molecule has 0 aliphatic heterocycles. The Morgan fingerprint density at radius 3 is 2.59 bits per heavy atom. The van der Waals surface area contributed by atoms with Gasteiger partial charge in [-0.25, -0.2) is 4.98 Å². The number of rotatable bonds is 7. The second kappa shape index (κ2) is 8.85. The Morgan fingerprint density at radius 2 is 1.86 bits per heavy atom. The van der Waals surface area contributed by atoms with Crippen LogP contribution in [0.4, 0.5) is 5.69 Å². The third-order valence-corrected chi connectivity index (χ3v) is 4.65. The molecule has 1 unspecified atom stereocenters. The van der Waals surface area contributed by atoms with Crippen molar-refractivity contribution in [2.45, 2.75) is 13.1 Å². The number of hydrogen-bond acceptors (Lipinski definition) is 4. The predicted octanol–water partition coefficient (Wildman–Crippen LogP) is 0.189. The van der Waals surface area contributed by atoms with E-state index in [4.69, 9.17) is 17.3 Å². The van der Waals surface area contributed by atoms with E-state index in [1.807, 2.05) is 0 Å². The molecule has 150 valence electrons. The molecular weight excluding hydrogens is 394 g/mol. The summed E-state index contributed by atoms with van der Waals surface area (Å²) in [5, 5.41) is 3.62. The topological polar surface area (TPSA) is 112 Å². The number of para-hydroxylation sites is 2. The van der Waals surface area contributed by atoms with Crippen LogP contribution in [0, 0.1) is 0 Å². The Balaban J connectivity index is 1.81. The van der Waals surface area contributed by atoms with E-state index in [1.54, 1.807) is 55.6 Å². The lowest BCUT2D eigenvalue weighted by atomic mass is 10.2. The maximum atomic E-state index is 12.8. The van der Waals surface area contributed by atoms with Gasteiger partial charge >= 0.3 is 0 Å². The third kappa shape index (κ3) is 4.98. The standard InChI is InChI=1S/C20H20ClN5O3/c1-25(12-19(28)24-16-9-5-3-7-14(16)21)11-18-23-15-8-4-2-6-13(15)20(29)26(18)10-17(22)27/h2-9H,10-12H2,1H3,(H2,22,27)(H,24,28)/p+1. The first-order valence-corrected chi connectivity index (χ1v) is 9.35. The zero-order chi connectivity index (χ0) is 21.0. The molecule has 0 saturated carbocycles. The van der Waals surface area contributed by atoms with Crippen molar-refractivity contribution in [3.05, 3.63) is 69.7 Å². The van der Waals surface area contributed by atoms with Crippen LogP contribution in [-0.2, 0) is 22.7 Å². The monoisotopic (exact) mass is 414 g/mol. The number of amides is 2. The van der Waals surface area contributed by atoms with Gasteiger partial charge in [-0.3, -0.25) is 19.0 Å². The summed E-state index contributed by atoms with van der Waals surface area (Å²) < 4.78 is 1.26. The van der Waals surface area contributed by atoms with Crippen molar-refractivity contribution in [2.24, 2.45) is 5.73 Å². The molecule has 0 radical (unpaired) electrons. The predicted molar refractivity (Wildman–Crippen MR) is 111 cm³/mol. The molecule has 3 rings (SSSR count). The highest BCUT2D eigenvalue weighted by atomic mass is 35.5. The summed E-state index contributed by atoms with van der Waals surface area (Å²) in [7, 11) is 1.79. The van der Waals surface area contributed by atoms with E-state index in [9.17, 15) is 14.4 Å². The van der Waals surface area contributed by atoms with Gasteiger partial charge in [0.15, 0.2) is 12.4 Å². The third-order valence-electron chi connectivity index (χ3n) is 4.32. The summed E-state index contributed by atoms with van der Waals surface area (Å²) in [6, 6.07) is 13.9. The number of aromatic nitrogens is 2. The largest absolute Gasteiger partial charge is 0.368 e. The molecule has 8 nitrogen and oxygen atoms in total. The molecule has 0 saturated heterocycles. The number of hydrogen-bond donors (Lipinski definition) is 3. The number of carbonyl (C=O) groups is 2. The molecule has 9 heteroatoms. The minimum Gasteiger partial charge on any atom is -0.368 e. The molecule has 29 heavy (non-hydrogen) atoms. The molecule has 1 atom stereocenters. The van der Waals surface area contributed by atoms with Gasteiger partial charge in [0.2, 0.25) is 5.91 Å². The van der Waals surface area contributed by atoms with Gasteiger partial charge in [-0.15, -0.1) is 0 Å². The van der Waals surface area contributed by atoms with Gasteiger partial charge in [-0.1, -0.05) is 35.9 Å². The van der Waals surface area contributed by atoms with Crippen molar-refractivity contribution in [3.63, 3.8) is 0 Å². The molecule has 1 aromatic heterocycles. The molecule has 1 heterocycles. The molecule has 3 aromatic rings. The fourth-order valence-corrected chi connectivity index (χ4v) is 3.21. The number of primary amides is 1.